The van der Waals surface area contributed by atoms with Gasteiger partial charge in [0.2, 0.25) is 0 Å². The molecule has 1 aromatic heterocycles. The molecule has 0 aliphatic rings. The van der Waals surface area contributed by atoms with Crippen LogP contribution in [0.5, 0.6) is 0 Å². The van der Waals surface area contributed by atoms with Crippen LogP contribution in [-0.2, 0) is 0 Å². The molecule has 11 heavy (non-hydrogen) atoms. The first-order valence-corrected chi connectivity index (χ1v) is 4.28. The Morgan fingerprint density at radius 3 is 2.82 bits per heavy atom. The predicted molar refractivity (Wildman–Crippen MR) is 43.3 cm³/mol. The molecule has 0 spiro atoms. The second kappa shape index (κ2) is 3.35. The molecule has 0 N–H and O–H groups in total. The minimum atomic E-state index is 0.432. The van der Waals surface area contributed by atoms with Gasteiger partial charge in [-0.15, -0.1) is 0 Å². The third kappa shape index (κ3) is 1.92. The number of hydrogen-bond acceptors (Lipinski definition) is 4. The zero-order chi connectivity index (χ0) is 8.27. The minimum Gasteiger partial charge on any atom is -0.228 e. The molecule has 0 saturated heterocycles. The van der Waals surface area contributed by atoms with Gasteiger partial charge in [0.05, 0.1) is 0 Å². The molecule has 0 aliphatic heterocycles. The van der Waals surface area contributed by atoms with E-state index in [4.69, 9.17) is 5.26 Å². The number of hydrogen-bond donors (Lipinski definition) is 0. The van der Waals surface area contributed by atoms with Crippen LogP contribution < -0.4 is 0 Å². The largest absolute Gasteiger partial charge is 0.228 e. The highest BCUT2D eigenvalue weighted by Crippen LogP contribution is 2.09. The topological polar surface area (TPSA) is 49.6 Å². The Labute approximate surface area is 69.5 Å². The van der Waals surface area contributed by atoms with Gasteiger partial charge in [-0.2, -0.15) is 5.26 Å². The number of nitriles is 1. The van der Waals surface area contributed by atoms with Crippen molar-refractivity contribution in [1.82, 2.24) is 9.97 Å². The molecule has 56 valence electrons. The van der Waals surface area contributed by atoms with Crippen molar-refractivity contribution in [1.29, 1.82) is 5.26 Å². The van der Waals surface area contributed by atoms with E-state index in [-0.39, 0.29) is 0 Å². The lowest BCUT2D eigenvalue weighted by Crippen LogP contribution is -1.92. The van der Waals surface area contributed by atoms with Crippen LogP contribution in [0.25, 0.3) is 0 Å². The molecule has 1 rings (SSSR count). The lowest BCUT2D eigenvalue weighted by Gasteiger charge is -1.96. The van der Waals surface area contributed by atoms with Crippen molar-refractivity contribution in [3.8, 4) is 6.07 Å². The highest BCUT2D eigenvalue weighted by atomic mass is 32.2. The minimum absolute atomic E-state index is 0.432. The predicted octanol–water partition coefficient (Wildman–Crippen LogP) is 1.38. The Bertz CT molecular complexity index is 303. The van der Waals surface area contributed by atoms with Crippen molar-refractivity contribution in [2.75, 3.05) is 6.26 Å². The van der Waals surface area contributed by atoms with Gasteiger partial charge >= 0.3 is 0 Å². The maximum Gasteiger partial charge on any atom is 0.188 e. The molecule has 0 saturated carbocycles. The lowest BCUT2D eigenvalue weighted by molar-refractivity contribution is 0.922. The van der Waals surface area contributed by atoms with E-state index in [1.54, 1.807) is 6.07 Å². The SMILES string of the molecule is CSc1nc(C)cc(C#N)n1. The molecule has 0 aliphatic carbocycles. The van der Waals surface area contributed by atoms with E-state index in [1.807, 2.05) is 19.2 Å². The van der Waals surface area contributed by atoms with Gasteiger partial charge in [-0.3, -0.25) is 0 Å². The normalized spacial score (nSPS) is 9.18. The third-order valence-electron chi connectivity index (χ3n) is 1.13. The fourth-order valence-electron chi connectivity index (χ4n) is 0.690. The summed E-state index contributed by atoms with van der Waals surface area (Å²) in [6, 6.07) is 3.64. The first kappa shape index (κ1) is 8.02. The number of rotatable bonds is 1. The summed E-state index contributed by atoms with van der Waals surface area (Å²) in [5, 5.41) is 9.19. The van der Waals surface area contributed by atoms with Crippen molar-refractivity contribution < 1.29 is 0 Å². The van der Waals surface area contributed by atoms with Gasteiger partial charge in [-0.05, 0) is 19.2 Å². The Kier molecular flexibility index (Phi) is 2.44. The first-order chi connectivity index (χ1) is 5.26. The maximum absolute atomic E-state index is 8.53. The zero-order valence-electron chi connectivity index (χ0n) is 6.33. The van der Waals surface area contributed by atoms with Gasteiger partial charge in [0.25, 0.3) is 0 Å². The van der Waals surface area contributed by atoms with E-state index in [1.165, 1.54) is 11.8 Å². The summed E-state index contributed by atoms with van der Waals surface area (Å²) in [7, 11) is 0. The Balaban J connectivity index is 3.15. The number of aryl methyl sites for hydroxylation is 1. The lowest BCUT2D eigenvalue weighted by atomic mass is 10.4. The van der Waals surface area contributed by atoms with Crippen LogP contribution in [0.3, 0.4) is 0 Å². The maximum atomic E-state index is 8.53. The summed E-state index contributed by atoms with van der Waals surface area (Å²) in [6.07, 6.45) is 1.88. The standard InChI is InChI=1S/C7H7N3S/c1-5-3-6(4-8)10-7(9-5)11-2/h3H,1-2H3. The molecule has 4 heteroatoms. The van der Waals surface area contributed by atoms with E-state index in [0.29, 0.717) is 10.9 Å². The third-order valence-corrected chi connectivity index (χ3v) is 1.68. The van der Waals surface area contributed by atoms with Crippen molar-refractivity contribution in [3.05, 3.63) is 17.5 Å². The van der Waals surface area contributed by atoms with Crippen LogP contribution >= 0.6 is 11.8 Å². The number of aromatic nitrogens is 2. The summed E-state index contributed by atoms with van der Waals surface area (Å²) >= 11 is 1.44. The molecule has 0 amide bonds. The van der Waals surface area contributed by atoms with Crippen LogP contribution in [0.2, 0.25) is 0 Å². The molecule has 0 aromatic carbocycles. The van der Waals surface area contributed by atoms with Crippen molar-refractivity contribution >= 4 is 11.8 Å². The highest BCUT2D eigenvalue weighted by molar-refractivity contribution is 7.98. The van der Waals surface area contributed by atoms with E-state index >= 15 is 0 Å². The molecule has 0 atom stereocenters. The second-order valence-electron chi connectivity index (χ2n) is 1.99. The van der Waals surface area contributed by atoms with Crippen molar-refractivity contribution in [2.45, 2.75) is 12.1 Å². The molecule has 1 heterocycles. The first-order valence-electron chi connectivity index (χ1n) is 3.06. The highest BCUT2D eigenvalue weighted by Gasteiger charge is 1.98. The average molecular weight is 165 g/mol. The Morgan fingerprint density at radius 1 is 1.55 bits per heavy atom. The van der Waals surface area contributed by atoms with Crippen LogP contribution in [0.1, 0.15) is 11.4 Å². The van der Waals surface area contributed by atoms with Gasteiger partial charge in [-0.25, -0.2) is 9.97 Å². The van der Waals surface area contributed by atoms with Crippen LogP contribution in [-0.4, -0.2) is 16.2 Å². The van der Waals surface area contributed by atoms with Crippen LogP contribution in [0, 0.1) is 18.3 Å². The number of thioether (sulfide) groups is 1. The molecule has 0 bridgehead atoms. The van der Waals surface area contributed by atoms with Crippen LogP contribution in [0.15, 0.2) is 11.2 Å². The summed E-state index contributed by atoms with van der Waals surface area (Å²) in [4.78, 5) is 8.06. The van der Waals surface area contributed by atoms with E-state index in [2.05, 4.69) is 9.97 Å². The Morgan fingerprint density at radius 2 is 2.27 bits per heavy atom. The quantitative estimate of drug-likeness (QED) is 0.466. The van der Waals surface area contributed by atoms with Gasteiger partial charge in [0.15, 0.2) is 5.16 Å². The van der Waals surface area contributed by atoms with E-state index in [9.17, 15) is 0 Å². The molecule has 0 unspecified atom stereocenters. The van der Waals surface area contributed by atoms with E-state index < -0.39 is 0 Å². The van der Waals surface area contributed by atoms with E-state index in [0.717, 1.165) is 5.69 Å². The average Bonchev–Trinajstić information content (AvgIpc) is 2.03. The smallest absolute Gasteiger partial charge is 0.188 e. The van der Waals surface area contributed by atoms with Crippen LogP contribution in [0.4, 0.5) is 0 Å². The van der Waals surface area contributed by atoms with Crippen molar-refractivity contribution in [3.63, 3.8) is 0 Å². The second-order valence-corrected chi connectivity index (χ2v) is 2.77. The monoisotopic (exact) mass is 165 g/mol. The zero-order valence-corrected chi connectivity index (χ0v) is 7.14. The fraction of sp³-hybridized carbons (Fsp3) is 0.286. The summed E-state index contributed by atoms with van der Waals surface area (Å²) in [5.74, 6) is 0. The Hall–Kier alpha value is -1.08. The summed E-state index contributed by atoms with van der Waals surface area (Å²) in [5.41, 5.74) is 1.27. The van der Waals surface area contributed by atoms with Gasteiger partial charge in [0.1, 0.15) is 11.8 Å². The fourth-order valence-corrected chi connectivity index (χ4v) is 1.11. The summed E-state index contributed by atoms with van der Waals surface area (Å²) in [6.45, 7) is 1.85. The van der Waals surface area contributed by atoms with Gasteiger partial charge in [-0.1, -0.05) is 11.8 Å². The molecule has 0 radical (unpaired) electrons. The molecule has 0 fully saturated rings. The molecular formula is C7H7N3S. The van der Waals surface area contributed by atoms with Gasteiger partial charge < -0.3 is 0 Å². The molecular weight excluding hydrogens is 158 g/mol. The van der Waals surface area contributed by atoms with Crippen molar-refractivity contribution in [2.24, 2.45) is 0 Å². The molecule has 1 aromatic rings. The van der Waals surface area contributed by atoms with Gasteiger partial charge in [0, 0.05) is 5.69 Å². The number of nitrogens with zero attached hydrogens (tertiary/aromatic N) is 3. The summed E-state index contributed by atoms with van der Waals surface area (Å²) < 4.78 is 0. The molecule has 3 nitrogen and oxygen atoms in total.